The maximum atomic E-state index is 12.5. The zero-order valence-electron chi connectivity index (χ0n) is 11.4. The number of thiophene rings is 2. The van der Waals surface area contributed by atoms with Gasteiger partial charge in [-0.15, -0.1) is 22.7 Å². The number of rotatable bonds is 1. The Bertz CT molecular complexity index is 724. The van der Waals surface area contributed by atoms with Gasteiger partial charge in [0.1, 0.15) is 11.2 Å². The van der Waals surface area contributed by atoms with Crippen molar-refractivity contribution in [1.29, 1.82) is 0 Å². The van der Waals surface area contributed by atoms with E-state index >= 15 is 0 Å². The van der Waals surface area contributed by atoms with Crippen LogP contribution in [0.25, 0.3) is 0 Å². The van der Waals surface area contributed by atoms with Crippen molar-refractivity contribution in [3.63, 3.8) is 0 Å². The van der Waals surface area contributed by atoms with Crippen LogP contribution in [0.4, 0.5) is 5.00 Å². The van der Waals surface area contributed by atoms with E-state index in [1.54, 1.807) is 22.7 Å². The molecule has 2 N–H and O–H groups in total. The fraction of sp³-hybridized carbons (Fsp3) is 0.357. The lowest BCUT2D eigenvalue weighted by atomic mass is 10.0. The molecule has 1 atom stereocenters. The molecule has 0 saturated heterocycles. The van der Waals surface area contributed by atoms with Gasteiger partial charge in [-0.1, -0.05) is 0 Å². The van der Waals surface area contributed by atoms with E-state index in [2.05, 4.69) is 44.6 Å². The van der Waals surface area contributed by atoms with Crippen LogP contribution < -0.4 is 10.6 Å². The molecule has 21 heavy (non-hydrogen) atoms. The zero-order valence-corrected chi connectivity index (χ0v) is 14.6. The molecule has 2 aliphatic heterocycles. The molecule has 0 saturated carbocycles. The van der Waals surface area contributed by atoms with Gasteiger partial charge in [0.15, 0.2) is 0 Å². The average molecular weight is 384 g/mol. The first-order valence-electron chi connectivity index (χ1n) is 6.76. The van der Waals surface area contributed by atoms with Crippen LogP contribution >= 0.6 is 38.6 Å². The number of fused-ring (bicyclic) bond motifs is 3. The highest BCUT2D eigenvalue weighted by Crippen LogP contribution is 2.41. The first-order valence-corrected chi connectivity index (χ1v) is 9.25. The van der Waals surface area contributed by atoms with Crippen molar-refractivity contribution in [2.45, 2.75) is 19.1 Å². The Balaban J connectivity index is 1.71. The maximum Gasteiger partial charge on any atom is 0.256 e. The first-order chi connectivity index (χ1) is 10.1. The van der Waals surface area contributed by atoms with Gasteiger partial charge in [-0.2, -0.15) is 0 Å². The summed E-state index contributed by atoms with van der Waals surface area (Å²) < 4.78 is 1.05. The van der Waals surface area contributed by atoms with Crippen molar-refractivity contribution in [3.05, 3.63) is 36.8 Å². The molecular weight excluding hydrogens is 370 g/mol. The lowest BCUT2D eigenvalue weighted by Crippen LogP contribution is -2.38. The van der Waals surface area contributed by atoms with Crippen LogP contribution in [-0.4, -0.2) is 24.4 Å². The molecule has 110 valence electrons. The number of likely N-dealkylation sites (N-methyl/N-ethyl adjacent to an activating group) is 1. The van der Waals surface area contributed by atoms with E-state index in [1.165, 1.54) is 10.4 Å². The van der Waals surface area contributed by atoms with Crippen LogP contribution in [-0.2, 0) is 13.0 Å². The van der Waals surface area contributed by atoms with Crippen LogP contribution in [0.15, 0.2) is 15.9 Å². The monoisotopic (exact) mass is 383 g/mol. The number of hydrogen-bond acceptors (Lipinski definition) is 5. The van der Waals surface area contributed by atoms with E-state index in [9.17, 15) is 4.79 Å². The van der Waals surface area contributed by atoms with Crippen LogP contribution in [0.1, 0.15) is 31.8 Å². The molecule has 2 aliphatic rings. The average Bonchev–Trinajstić information content (AvgIpc) is 3.01. The predicted octanol–water partition coefficient (Wildman–Crippen LogP) is 3.41. The second-order valence-electron chi connectivity index (χ2n) is 5.41. The minimum Gasteiger partial charge on any atom is -0.352 e. The van der Waals surface area contributed by atoms with Gasteiger partial charge in [0.2, 0.25) is 0 Å². The van der Waals surface area contributed by atoms with Gasteiger partial charge in [-0.3, -0.25) is 4.79 Å². The quantitative estimate of drug-likeness (QED) is 0.792. The number of hydrogen-bond donors (Lipinski definition) is 2. The predicted molar refractivity (Wildman–Crippen MR) is 90.2 cm³/mol. The van der Waals surface area contributed by atoms with Crippen molar-refractivity contribution < 1.29 is 4.79 Å². The molecule has 2 aromatic heterocycles. The van der Waals surface area contributed by atoms with Crippen molar-refractivity contribution in [1.82, 2.24) is 10.2 Å². The minimum atomic E-state index is -0.126. The Morgan fingerprint density at radius 2 is 2.29 bits per heavy atom. The van der Waals surface area contributed by atoms with Crippen molar-refractivity contribution in [2.24, 2.45) is 0 Å². The number of nitrogens with one attached hydrogen (secondary N) is 2. The molecule has 4 heterocycles. The third-order valence-electron chi connectivity index (χ3n) is 3.90. The normalized spacial score (nSPS) is 21.4. The summed E-state index contributed by atoms with van der Waals surface area (Å²) in [7, 11) is 2.13. The summed E-state index contributed by atoms with van der Waals surface area (Å²) in [6, 6.07) is 2.05. The van der Waals surface area contributed by atoms with E-state index in [4.69, 9.17) is 0 Å². The molecule has 0 aromatic carbocycles. The molecule has 0 radical (unpaired) electrons. The molecule has 1 amide bonds. The van der Waals surface area contributed by atoms with Gasteiger partial charge >= 0.3 is 0 Å². The molecule has 0 spiro atoms. The van der Waals surface area contributed by atoms with Gasteiger partial charge in [0.25, 0.3) is 5.91 Å². The number of nitrogens with zero attached hydrogens (tertiary/aromatic N) is 1. The lowest BCUT2D eigenvalue weighted by Gasteiger charge is -2.26. The molecule has 0 aliphatic carbocycles. The Hall–Kier alpha value is -0.890. The molecular formula is C14H14BrN3OS2. The van der Waals surface area contributed by atoms with Crippen LogP contribution in [0.3, 0.4) is 0 Å². The molecule has 0 unspecified atom stereocenters. The van der Waals surface area contributed by atoms with Gasteiger partial charge in [0.05, 0.1) is 5.56 Å². The fourth-order valence-electron chi connectivity index (χ4n) is 2.87. The minimum absolute atomic E-state index is 0.0559. The van der Waals surface area contributed by atoms with E-state index in [0.717, 1.165) is 39.4 Å². The van der Waals surface area contributed by atoms with Gasteiger partial charge < -0.3 is 15.5 Å². The summed E-state index contributed by atoms with van der Waals surface area (Å²) in [5.74, 6) is 0.0559. The molecule has 2 aromatic rings. The van der Waals surface area contributed by atoms with Gasteiger partial charge in [0, 0.05) is 32.7 Å². The molecule has 0 bridgehead atoms. The van der Waals surface area contributed by atoms with Crippen LogP contribution in [0.2, 0.25) is 0 Å². The lowest BCUT2D eigenvalue weighted by molar-refractivity contribution is 0.0935. The molecule has 4 rings (SSSR count). The Morgan fingerprint density at radius 3 is 3.05 bits per heavy atom. The van der Waals surface area contributed by atoms with E-state index in [-0.39, 0.29) is 12.1 Å². The summed E-state index contributed by atoms with van der Waals surface area (Å²) in [5.41, 5.74) is 2.11. The van der Waals surface area contributed by atoms with E-state index < -0.39 is 0 Å². The summed E-state index contributed by atoms with van der Waals surface area (Å²) in [4.78, 5) is 17.3. The summed E-state index contributed by atoms with van der Waals surface area (Å²) in [6.07, 6.45) is 0.834. The number of halogens is 1. The largest absolute Gasteiger partial charge is 0.352 e. The summed E-state index contributed by atoms with van der Waals surface area (Å²) in [6.45, 7) is 1.96. The standard InChI is InChI=1S/C14H14BrN3OS2/c1-18-3-2-8-10(5-18)21-14-11(8)13(19)16-12(17-14)9-4-7(15)6-20-9/h4,6,12,17H,2-3,5H2,1H3,(H,16,19)/t12-/m0/s1. The smallest absolute Gasteiger partial charge is 0.256 e. The number of anilines is 1. The SMILES string of the molecule is CN1CCc2c(sc3c2C(=O)N[C@H](c2cc(Br)cs2)N3)C1. The van der Waals surface area contributed by atoms with Crippen LogP contribution in [0, 0.1) is 0 Å². The van der Waals surface area contributed by atoms with Crippen LogP contribution in [0.5, 0.6) is 0 Å². The Labute approximate surface area is 139 Å². The number of carbonyl (C=O) groups is 1. The number of amides is 1. The second-order valence-corrected chi connectivity index (χ2v) is 8.38. The summed E-state index contributed by atoms with van der Waals surface area (Å²) in [5, 5.41) is 9.63. The topological polar surface area (TPSA) is 44.4 Å². The van der Waals surface area contributed by atoms with E-state index in [0.29, 0.717) is 0 Å². The zero-order chi connectivity index (χ0) is 14.6. The highest BCUT2D eigenvalue weighted by molar-refractivity contribution is 9.10. The Morgan fingerprint density at radius 1 is 1.43 bits per heavy atom. The third-order valence-corrected chi connectivity index (χ3v) is 6.80. The molecule has 4 nitrogen and oxygen atoms in total. The van der Waals surface area contributed by atoms with Gasteiger partial charge in [-0.05, 0) is 41.0 Å². The van der Waals surface area contributed by atoms with Crippen molar-refractivity contribution >= 4 is 49.5 Å². The fourth-order valence-corrected chi connectivity index (χ4v) is 5.66. The maximum absolute atomic E-state index is 12.5. The van der Waals surface area contributed by atoms with Crippen molar-refractivity contribution in [3.8, 4) is 0 Å². The van der Waals surface area contributed by atoms with Crippen molar-refractivity contribution in [2.75, 3.05) is 18.9 Å². The van der Waals surface area contributed by atoms with E-state index in [1.807, 2.05) is 5.38 Å². The highest BCUT2D eigenvalue weighted by Gasteiger charge is 2.33. The molecule has 7 heteroatoms. The first kappa shape index (κ1) is 13.8. The summed E-state index contributed by atoms with van der Waals surface area (Å²) >= 11 is 6.84. The third kappa shape index (κ3) is 2.32. The van der Waals surface area contributed by atoms with Gasteiger partial charge in [-0.25, -0.2) is 0 Å². The molecule has 0 fully saturated rings. The second kappa shape index (κ2) is 5.08. The highest BCUT2D eigenvalue weighted by atomic mass is 79.9. The number of carbonyl (C=O) groups excluding carboxylic acids is 1. The Kier molecular flexibility index (Phi) is 3.33.